The maximum Gasteiger partial charge on any atom is 0.307 e. The van der Waals surface area contributed by atoms with Crippen molar-refractivity contribution >= 4 is 17.8 Å². The number of fused-ring (bicyclic) bond motifs is 1. The molecular formula is C13H17NO4. The quantitative estimate of drug-likeness (QED) is 0.584. The van der Waals surface area contributed by atoms with Crippen molar-refractivity contribution in [1.82, 2.24) is 4.90 Å². The van der Waals surface area contributed by atoms with Crippen LogP contribution >= 0.6 is 0 Å². The largest absolute Gasteiger partial charge is 0.481 e. The predicted octanol–water partition coefficient (Wildman–Crippen LogP) is 0.903. The van der Waals surface area contributed by atoms with E-state index in [0.717, 1.165) is 0 Å². The SMILES string of the molecule is CC(C)N1C(=O)[C@@H]2[C@H](C(=O)O)[C@@H](C)C=C[C@@H]2C1=O. The molecule has 0 saturated carbocycles. The fraction of sp³-hybridized carbons (Fsp3) is 0.615. The summed E-state index contributed by atoms with van der Waals surface area (Å²) < 4.78 is 0. The van der Waals surface area contributed by atoms with E-state index < -0.39 is 23.7 Å². The Balaban J connectivity index is 2.43. The van der Waals surface area contributed by atoms with E-state index in [9.17, 15) is 19.5 Å². The second-order valence-corrected chi connectivity index (χ2v) is 5.30. The van der Waals surface area contributed by atoms with Gasteiger partial charge in [-0.3, -0.25) is 19.3 Å². The lowest BCUT2D eigenvalue weighted by Gasteiger charge is -2.28. The van der Waals surface area contributed by atoms with Crippen LogP contribution in [0.25, 0.3) is 0 Å². The van der Waals surface area contributed by atoms with Crippen molar-refractivity contribution in [2.75, 3.05) is 0 Å². The molecule has 2 aliphatic rings. The molecule has 98 valence electrons. The zero-order chi connectivity index (χ0) is 13.6. The molecule has 5 heteroatoms. The van der Waals surface area contributed by atoms with Gasteiger partial charge in [-0.05, 0) is 19.8 Å². The third kappa shape index (κ3) is 1.65. The van der Waals surface area contributed by atoms with Gasteiger partial charge in [0, 0.05) is 6.04 Å². The maximum absolute atomic E-state index is 12.3. The second kappa shape index (κ2) is 4.23. The highest BCUT2D eigenvalue weighted by atomic mass is 16.4. The van der Waals surface area contributed by atoms with E-state index in [1.165, 1.54) is 4.90 Å². The average Bonchev–Trinajstić information content (AvgIpc) is 2.50. The Hall–Kier alpha value is -1.65. The number of carboxylic acid groups (broad SMARTS) is 1. The highest BCUT2D eigenvalue weighted by Crippen LogP contribution is 2.41. The first kappa shape index (κ1) is 12.8. The predicted molar refractivity (Wildman–Crippen MR) is 63.4 cm³/mol. The first-order valence-corrected chi connectivity index (χ1v) is 6.14. The topological polar surface area (TPSA) is 74.7 Å². The van der Waals surface area contributed by atoms with E-state index in [4.69, 9.17) is 0 Å². The molecule has 0 aromatic heterocycles. The van der Waals surface area contributed by atoms with Crippen LogP contribution in [0.5, 0.6) is 0 Å². The van der Waals surface area contributed by atoms with Crippen LogP contribution in [0, 0.1) is 23.7 Å². The van der Waals surface area contributed by atoms with Crippen LogP contribution in [0.3, 0.4) is 0 Å². The van der Waals surface area contributed by atoms with Crippen molar-refractivity contribution in [2.24, 2.45) is 23.7 Å². The van der Waals surface area contributed by atoms with Crippen molar-refractivity contribution in [3.05, 3.63) is 12.2 Å². The third-order valence-corrected chi connectivity index (χ3v) is 3.81. The molecule has 1 fully saturated rings. The van der Waals surface area contributed by atoms with Crippen molar-refractivity contribution in [3.63, 3.8) is 0 Å². The lowest BCUT2D eigenvalue weighted by molar-refractivity contribution is -0.151. The third-order valence-electron chi connectivity index (χ3n) is 3.81. The molecule has 18 heavy (non-hydrogen) atoms. The lowest BCUT2D eigenvalue weighted by atomic mass is 9.72. The zero-order valence-corrected chi connectivity index (χ0v) is 10.7. The molecule has 0 spiro atoms. The number of carbonyl (C=O) groups excluding carboxylic acids is 2. The number of carboxylic acids is 1. The molecule has 0 aromatic rings. The molecule has 0 unspecified atom stereocenters. The first-order chi connectivity index (χ1) is 8.36. The molecule has 2 rings (SSSR count). The Morgan fingerprint density at radius 1 is 1.28 bits per heavy atom. The second-order valence-electron chi connectivity index (χ2n) is 5.30. The summed E-state index contributed by atoms with van der Waals surface area (Å²) in [5, 5.41) is 9.27. The summed E-state index contributed by atoms with van der Waals surface area (Å²) in [5.41, 5.74) is 0. The van der Waals surface area contributed by atoms with Crippen molar-refractivity contribution in [3.8, 4) is 0 Å². The molecule has 5 nitrogen and oxygen atoms in total. The molecule has 1 aliphatic carbocycles. The molecule has 0 radical (unpaired) electrons. The van der Waals surface area contributed by atoms with Crippen molar-refractivity contribution in [1.29, 1.82) is 0 Å². The summed E-state index contributed by atoms with van der Waals surface area (Å²) in [6.07, 6.45) is 3.42. The maximum atomic E-state index is 12.3. The van der Waals surface area contributed by atoms with Crippen LogP contribution in [0.4, 0.5) is 0 Å². The highest BCUT2D eigenvalue weighted by Gasteiger charge is 2.55. The van der Waals surface area contributed by atoms with E-state index in [0.29, 0.717) is 0 Å². The van der Waals surface area contributed by atoms with Gasteiger partial charge < -0.3 is 5.11 Å². The molecule has 1 N–H and O–H groups in total. The minimum Gasteiger partial charge on any atom is -0.481 e. The number of likely N-dealkylation sites (tertiary alicyclic amines) is 1. The van der Waals surface area contributed by atoms with E-state index in [1.807, 2.05) is 0 Å². The molecule has 1 saturated heterocycles. The fourth-order valence-electron chi connectivity index (χ4n) is 2.95. The number of rotatable bonds is 2. The van der Waals surface area contributed by atoms with Gasteiger partial charge in [0.1, 0.15) is 0 Å². The smallest absolute Gasteiger partial charge is 0.307 e. The Kier molecular flexibility index (Phi) is 3.00. The van der Waals surface area contributed by atoms with Gasteiger partial charge in [-0.1, -0.05) is 19.1 Å². The standard InChI is InChI=1S/C13H17NO4/c1-6(2)14-11(15)8-5-4-7(3)9(13(17)18)10(8)12(14)16/h4-10H,1-3H3,(H,17,18)/t7-,8-,9+,10-/m0/s1. The lowest BCUT2D eigenvalue weighted by Crippen LogP contribution is -2.40. The van der Waals surface area contributed by atoms with Gasteiger partial charge in [-0.15, -0.1) is 0 Å². The number of imide groups is 1. The number of amides is 2. The van der Waals surface area contributed by atoms with Crippen LogP contribution in [-0.2, 0) is 14.4 Å². The molecule has 0 bridgehead atoms. The van der Waals surface area contributed by atoms with Gasteiger partial charge in [0.25, 0.3) is 0 Å². The molecule has 1 aliphatic heterocycles. The normalized spacial score (nSPS) is 35.2. The van der Waals surface area contributed by atoms with Crippen LogP contribution in [-0.4, -0.2) is 33.8 Å². The van der Waals surface area contributed by atoms with Crippen LogP contribution < -0.4 is 0 Å². The summed E-state index contributed by atoms with van der Waals surface area (Å²) in [4.78, 5) is 36.9. The van der Waals surface area contributed by atoms with Gasteiger partial charge in [0.2, 0.25) is 11.8 Å². The molecule has 0 aromatic carbocycles. The van der Waals surface area contributed by atoms with Crippen LogP contribution in [0.1, 0.15) is 20.8 Å². The number of hydrogen-bond acceptors (Lipinski definition) is 3. The van der Waals surface area contributed by atoms with E-state index in [-0.39, 0.29) is 23.8 Å². The Morgan fingerprint density at radius 2 is 1.89 bits per heavy atom. The summed E-state index contributed by atoms with van der Waals surface area (Å²) >= 11 is 0. The number of aliphatic carboxylic acids is 1. The van der Waals surface area contributed by atoms with Crippen molar-refractivity contribution < 1.29 is 19.5 Å². The van der Waals surface area contributed by atoms with Crippen LogP contribution in [0.2, 0.25) is 0 Å². The highest BCUT2D eigenvalue weighted by molar-refractivity contribution is 6.08. The minimum atomic E-state index is -1.01. The van der Waals surface area contributed by atoms with E-state index >= 15 is 0 Å². The van der Waals surface area contributed by atoms with Crippen LogP contribution in [0.15, 0.2) is 12.2 Å². The van der Waals surface area contributed by atoms with Gasteiger partial charge in [0.15, 0.2) is 0 Å². The Morgan fingerprint density at radius 3 is 2.39 bits per heavy atom. The van der Waals surface area contributed by atoms with Gasteiger partial charge in [-0.2, -0.15) is 0 Å². The van der Waals surface area contributed by atoms with Gasteiger partial charge >= 0.3 is 5.97 Å². The molecular weight excluding hydrogens is 234 g/mol. The fourth-order valence-corrected chi connectivity index (χ4v) is 2.95. The summed E-state index contributed by atoms with van der Waals surface area (Å²) in [7, 11) is 0. The first-order valence-electron chi connectivity index (χ1n) is 6.14. The molecule has 4 atom stereocenters. The average molecular weight is 251 g/mol. The minimum absolute atomic E-state index is 0.228. The Bertz CT molecular complexity index is 440. The van der Waals surface area contributed by atoms with Crippen molar-refractivity contribution in [2.45, 2.75) is 26.8 Å². The number of hydrogen-bond donors (Lipinski definition) is 1. The Labute approximate surface area is 105 Å². The number of allylic oxidation sites excluding steroid dienone is 1. The zero-order valence-electron chi connectivity index (χ0n) is 10.7. The summed E-state index contributed by atoms with van der Waals surface area (Å²) in [6, 6.07) is -0.228. The number of carbonyl (C=O) groups is 3. The van der Waals surface area contributed by atoms with Gasteiger partial charge in [0.05, 0.1) is 17.8 Å². The van der Waals surface area contributed by atoms with E-state index in [2.05, 4.69) is 0 Å². The molecule has 2 amide bonds. The summed E-state index contributed by atoms with van der Waals surface area (Å²) in [6.45, 7) is 5.29. The van der Waals surface area contributed by atoms with Gasteiger partial charge in [-0.25, -0.2) is 0 Å². The number of nitrogens with zero attached hydrogens (tertiary/aromatic N) is 1. The summed E-state index contributed by atoms with van der Waals surface area (Å²) in [5.74, 6) is -3.99. The monoisotopic (exact) mass is 251 g/mol. The van der Waals surface area contributed by atoms with E-state index in [1.54, 1.807) is 32.9 Å². The molecule has 1 heterocycles.